The molecule has 0 radical (unpaired) electrons. The first-order valence-corrected chi connectivity index (χ1v) is 5.27. The van der Waals surface area contributed by atoms with Crippen LogP contribution in [0.1, 0.15) is 20.3 Å². The van der Waals surface area contributed by atoms with Gasteiger partial charge in [0.15, 0.2) is 0 Å². The van der Waals surface area contributed by atoms with E-state index >= 15 is 0 Å². The topological polar surface area (TPSA) is 75.6 Å². The lowest BCUT2D eigenvalue weighted by molar-refractivity contribution is -0.116. The number of amides is 1. The molecule has 0 aliphatic carbocycles. The van der Waals surface area contributed by atoms with Crippen LogP contribution in [0.15, 0.2) is 12.7 Å². The summed E-state index contributed by atoms with van der Waals surface area (Å²) in [6.07, 6.45) is 1.88. The Labute approximate surface area is 85.1 Å². The molecule has 0 aromatic heterocycles. The van der Waals surface area contributed by atoms with Crippen molar-refractivity contribution in [1.82, 2.24) is 5.32 Å². The fourth-order valence-corrected chi connectivity index (χ4v) is 0.787. The van der Waals surface area contributed by atoms with Crippen molar-refractivity contribution in [2.75, 3.05) is 7.05 Å². The van der Waals surface area contributed by atoms with E-state index in [-0.39, 0.29) is 12.0 Å². The van der Waals surface area contributed by atoms with Gasteiger partial charge in [-0.3, -0.25) is 4.79 Å². The number of carbonyl (C=O) groups excluding carboxylic acids is 1. The van der Waals surface area contributed by atoms with Crippen molar-refractivity contribution in [3.05, 3.63) is 12.7 Å². The summed E-state index contributed by atoms with van der Waals surface area (Å²) in [7, 11) is -0.836. The smallest absolute Gasteiger partial charge is 0.356 e. The van der Waals surface area contributed by atoms with Crippen molar-refractivity contribution in [3.8, 4) is 0 Å². The quantitative estimate of drug-likeness (QED) is 0.556. The van der Waals surface area contributed by atoms with E-state index in [1.165, 1.54) is 6.08 Å². The Morgan fingerprint density at radius 1 is 1.79 bits per heavy atom. The van der Waals surface area contributed by atoms with Crippen LogP contribution < -0.4 is 5.32 Å². The molecule has 0 aromatic rings. The van der Waals surface area contributed by atoms with Crippen molar-refractivity contribution in [1.29, 1.82) is 0 Å². The number of carbonyl (C=O) groups is 1. The predicted molar refractivity (Wildman–Crippen MR) is 54.9 cm³/mol. The highest BCUT2D eigenvalue weighted by atomic mass is 31.1. The van der Waals surface area contributed by atoms with Gasteiger partial charge in [-0.05, 0) is 19.4 Å². The first kappa shape index (κ1) is 15.7. The minimum absolute atomic E-state index is 0.108. The zero-order chi connectivity index (χ0) is 11.6. The predicted octanol–water partition coefficient (Wildman–Crippen LogP) is 1.37. The number of nitrogens with one attached hydrogen (secondary N) is 1. The maximum atomic E-state index is 9.95. The number of hydrogen-bond donors (Lipinski definition) is 2. The highest BCUT2D eigenvalue weighted by molar-refractivity contribution is 7.32. The maximum Gasteiger partial charge on any atom is 0.694 e. The summed E-state index contributed by atoms with van der Waals surface area (Å²) in [5.41, 5.74) is 0. The third-order valence-corrected chi connectivity index (χ3v) is 1.82. The molecule has 14 heavy (non-hydrogen) atoms. The van der Waals surface area contributed by atoms with Crippen LogP contribution in [-0.4, -0.2) is 24.0 Å². The lowest BCUT2D eigenvalue weighted by Crippen LogP contribution is -2.13. The monoisotopic (exact) mass is 222 g/mol. The van der Waals surface area contributed by atoms with E-state index in [9.17, 15) is 9.36 Å². The average molecular weight is 222 g/mol. The van der Waals surface area contributed by atoms with Crippen molar-refractivity contribution < 1.29 is 18.8 Å². The van der Waals surface area contributed by atoms with Crippen LogP contribution in [0.3, 0.4) is 0 Å². The second-order valence-electron chi connectivity index (χ2n) is 2.38. The number of rotatable bonds is 4. The first-order chi connectivity index (χ1) is 6.47. The van der Waals surface area contributed by atoms with Gasteiger partial charge < -0.3 is 5.32 Å². The van der Waals surface area contributed by atoms with Gasteiger partial charge >= 0.3 is 8.25 Å². The summed E-state index contributed by atoms with van der Waals surface area (Å²) in [6, 6.07) is 0. The molecule has 82 valence electrons. The second kappa shape index (κ2) is 10.3. The van der Waals surface area contributed by atoms with Crippen LogP contribution in [0.4, 0.5) is 0 Å². The Morgan fingerprint density at radius 3 is 2.36 bits per heavy atom. The molecule has 0 saturated heterocycles. The molecule has 2 N–H and O–H groups in total. The minimum Gasteiger partial charge on any atom is -0.356 e. The van der Waals surface area contributed by atoms with Gasteiger partial charge in [0.05, 0.1) is 0 Å². The fraction of sp³-hybridized carbons (Fsp3) is 0.625. The minimum atomic E-state index is -2.40. The van der Waals surface area contributed by atoms with Crippen LogP contribution in [0, 0.1) is 0 Å². The van der Waals surface area contributed by atoms with Crippen LogP contribution >= 0.6 is 8.25 Å². The SMILES string of the molecule is C=CC(=O)NC.CCC(C)O[P+](=O)O. The van der Waals surface area contributed by atoms with E-state index < -0.39 is 8.25 Å². The Bertz CT molecular complexity index is 196. The molecule has 2 unspecified atom stereocenters. The van der Waals surface area contributed by atoms with Crippen molar-refractivity contribution in [2.45, 2.75) is 26.4 Å². The van der Waals surface area contributed by atoms with Gasteiger partial charge in [-0.2, -0.15) is 0 Å². The average Bonchev–Trinajstić information content (AvgIpc) is 2.16. The third kappa shape index (κ3) is 13.8. The molecule has 6 heteroatoms. The van der Waals surface area contributed by atoms with E-state index in [1.807, 2.05) is 6.92 Å². The molecule has 0 aliphatic rings. The summed E-state index contributed by atoms with van der Waals surface area (Å²) in [5.74, 6) is -0.144. The van der Waals surface area contributed by atoms with Crippen molar-refractivity contribution in [2.24, 2.45) is 0 Å². The largest absolute Gasteiger partial charge is 0.694 e. The Balaban J connectivity index is 0. The Hall–Kier alpha value is -0.770. The van der Waals surface area contributed by atoms with Crippen molar-refractivity contribution >= 4 is 14.2 Å². The molecule has 5 nitrogen and oxygen atoms in total. The summed E-state index contributed by atoms with van der Waals surface area (Å²) < 4.78 is 14.4. The van der Waals surface area contributed by atoms with Gasteiger partial charge in [-0.15, -0.1) is 9.42 Å². The third-order valence-electron chi connectivity index (χ3n) is 1.28. The zero-order valence-corrected chi connectivity index (χ0v) is 9.58. The molecule has 0 heterocycles. The van der Waals surface area contributed by atoms with E-state index in [1.54, 1.807) is 14.0 Å². The van der Waals surface area contributed by atoms with Crippen LogP contribution in [0.2, 0.25) is 0 Å². The number of likely N-dealkylation sites (N-methyl/N-ethyl adjacent to an activating group) is 1. The fourth-order valence-electron chi connectivity index (χ4n) is 0.331. The molecule has 0 bridgehead atoms. The normalized spacial score (nSPS) is 11.9. The summed E-state index contributed by atoms with van der Waals surface area (Å²) in [5, 5.41) is 2.36. The molecule has 0 fully saturated rings. The lowest BCUT2D eigenvalue weighted by atomic mass is 10.3. The van der Waals surface area contributed by atoms with Gasteiger partial charge in [-0.1, -0.05) is 13.5 Å². The highest BCUT2D eigenvalue weighted by Gasteiger charge is 2.16. The van der Waals surface area contributed by atoms with E-state index in [0.717, 1.165) is 6.42 Å². The van der Waals surface area contributed by atoms with Crippen LogP contribution in [-0.2, 0) is 13.9 Å². The first-order valence-electron chi connectivity index (χ1n) is 4.14. The van der Waals surface area contributed by atoms with Gasteiger partial charge in [0.1, 0.15) is 6.10 Å². The molecular weight excluding hydrogens is 205 g/mol. The molecule has 0 rings (SSSR count). The Kier molecular flexibility index (Phi) is 11.6. The standard InChI is InChI=1S/C4H7NO.C4H9O3P/c1-3-4(6)5-2;1-3-4(2)7-8(5)6/h3H,1H2,2H3,(H,5,6);4H,3H2,1-2H3/p+1. The lowest BCUT2D eigenvalue weighted by Gasteiger charge is -1.93. The summed E-state index contributed by atoms with van der Waals surface area (Å²) in [4.78, 5) is 18.1. The molecule has 0 saturated carbocycles. The summed E-state index contributed by atoms with van der Waals surface area (Å²) in [6.45, 7) is 6.87. The van der Waals surface area contributed by atoms with Crippen LogP contribution in [0.25, 0.3) is 0 Å². The highest BCUT2D eigenvalue weighted by Crippen LogP contribution is 2.18. The summed E-state index contributed by atoms with van der Waals surface area (Å²) >= 11 is 0. The molecule has 0 aliphatic heterocycles. The van der Waals surface area contributed by atoms with Gasteiger partial charge in [0, 0.05) is 11.6 Å². The van der Waals surface area contributed by atoms with Crippen molar-refractivity contribution in [3.63, 3.8) is 0 Å². The number of hydrogen-bond acceptors (Lipinski definition) is 3. The van der Waals surface area contributed by atoms with Gasteiger partial charge in [0.25, 0.3) is 0 Å². The molecule has 2 atom stereocenters. The second-order valence-corrected chi connectivity index (χ2v) is 3.07. The Morgan fingerprint density at radius 2 is 2.29 bits per heavy atom. The van der Waals surface area contributed by atoms with E-state index in [2.05, 4.69) is 16.4 Å². The van der Waals surface area contributed by atoms with E-state index in [4.69, 9.17) is 4.89 Å². The maximum absolute atomic E-state index is 9.95. The van der Waals surface area contributed by atoms with Gasteiger partial charge in [0.2, 0.25) is 5.91 Å². The molecule has 1 amide bonds. The van der Waals surface area contributed by atoms with Gasteiger partial charge in [-0.25, -0.2) is 0 Å². The molecule has 0 spiro atoms. The molecular formula is C8H17NO4P+. The molecule has 0 aromatic carbocycles. The van der Waals surface area contributed by atoms with E-state index in [0.29, 0.717) is 0 Å². The van der Waals surface area contributed by atoms with Crippen LogP contribution in [0.5, 0.6) is 0 Å². The zero-order valence-electron chi connectivity index (χ0n) is 8.69.